The van der Waals surface area contributed by atoms with E-state index >= 15 is 0 Å². The van der Waals surface area contributed by atoms with E-state index in [1.54, 1.807) is 12.4 Å². The van der Waals surface area contributed by atoms with Crippen molar-refractivity contribution < 1.29 is 4.79 Å². The van der Waals surface area contributed by atoms with Crippen LogP contribution in [-0.4, -0.2) is 17.4 Å². The summed E-state index contributed by atoms with van der Waals surface area (Å²) in [7, 11) is 0. The largest absolute Gasteiger partial charge is 0.366 e. The van der Waals surface area contributed by atoms with Crippen LogP contribution in [0.4, 0.5) is 5.69 Å². The third-order valence-electron chi connectivity index (χ3n) is 4.35. The Morgan fingerprint density at radius 2 is 1.81 bits per heavy atom. The number of hydrogen-bond donors (Lipinski definition) is 1. The Morgan fingerprint density at radius 1 is 1.07 bits per heavy atom. The summed E-state index contributed by atoms with van der Waals surface area (Å²) in [4.78, 5) is 19.0. The number of pyridine rings is 1. The van der Waals surface area contributed by atoms with Crippen molar-refractivity contribution in [2.45, 2.75) is 20.0 Å². The number of anilines is 1. The van der Waals surface area contributed by atoms with Gasteiger partial charge in [0.15, 0.2) is 0 Å². The summed E-state index contributed by atoms with van der Waals surface area (Å²) in [5.74, 6) is -0.167. The number of nitrogens with zero attached hydrogens (tertiary/aromatic N) is 2. The maximum Gasteiger partial charge on any atom is 0.253 e. The number of hydrogen-bond acceptors (Lipinski definition) is 3. The summed E-state index contributed by atoms with van der Waals surface area (Å²) >= 11 is 6.15. The zero-order valence-electron chi connectivity index (χ0n) is 15.2. The summed E-state index contributed by atoms with van der Waals surface area (Å²) < 4.78 is 0. The molecule has 1 N–H and O–H groups in total. The maximum atomic E-state index is 12.5. The second-order valence-corrected chi connectivity index (χ2v) is 6.61. The van der Waals surface area contributed by atoms with Gasteiger partial charge < -0.3 is 10.2 Å². The van der Waals surface area contributed by atoms with Crippen LogP contribution in [-0.2, 0) is 13.1 Å². The summed E-state index contributed by atoms with van der Waals surface area (Å²) in [5, 5.41) is 3.55. The molecule has 0 aliphatic heterocycles. The molecule has 2 aromatic carbocycles. The number of rotatable bonds is 7. The lowest BCUT2D eigenvalue weighted by molar-refractivity contribution is 0.0950. The van der Waals surface area contributed by atoms with Gasteiger partial charge in [0.2, 0.25) is 0 Å². The fourth-order valence-electron chi connectivity index (χ4n) is 2.83. The van der Waals surface area contributed by atoms with E-state index in [1.165, 1.54) is 5.56 Å². The Kier molecular flexibility index (Phi) is 6.44. The molecular formula is C22H22ClN3O. The van der Waals surface area contributed by atoms with E-state index in [4.69, 9.17) is 11.6 Å². The van der Waals surface area contributed by atoms with Crippen LogP contribution in [0.3, 0.4) is 0 Å². The van der Waals surface area contributed by atoms with Crippen LogP contribution in [0.1, 0.15) is 28.4 Å². The summed E-state index contributed by atoms with van der Waals surface area (Å²) in [6.45, 7) is 4.06. The van der Waals surface area contributed by atoms with Crippen molar-refractivity contribution in [3.8, 4) is 0 Å². The third kappa shape index (κ3) is 5.08. The molecule has 0 unspecified atom stereocenters. The third-order valence-corrected chi connectivity index (χ3v) is 4.72. The Hall–Kier alpha value is -2.85. The van der Waals surface area contributed by atoms with Crippen molar-refractivity contribution in [2.24, 2.45) is 0 Å². The summed E-state index contributed by atoms with van der Waals surface area (Å²) in [5.41, 5.74) is 3.56. The molecule has 0 aliphatic carbocycles. The number of aromatic nitrogens is 1. The molecule has 0 bridgehead atoms. The predicted molar refractivity (Wildman–Crippen MR) is 110 cm³/mol. The van der Waals surface area contributed by atoms with Gasteiger partial charge in [0, 0.05) is 30.9 Å². The zero-order valence-corrected chi connectivity index (χ0v) is 16.0. The van der Waals surface area contributed by atoms with Gasteiger partial charge in [-0.15, -0.1) is 0 Å². The van der Waals surface area contributed by atoms with E-state index in [0.717, 1.165) is 24.3 Å². The van der Waals surface area contributed by atoms with Crippen LogP contribution in [0.2, 0.25) is 5.02 Å². The van der Waals surface area contributed by atoms with Gasteiger partial charge in [0.1, 0.15) is 0 Å². The molecule has 138 valence electrons. The minimum absolute atomic E-state index is 0.167. The molecule has 5 heteroatoms. The smallest absolute Gasteiger partial charge is 0.253 e. The Morgan fingerprint density at radius 3 is 2.56 bits per heavy atom. The van der Waals surface area contributed by atoms with Crippen molar-refractivity contribution in [1.29, 1.82) is 0 Å². The number of amides is 1. The molecule has 1 amide bonds. The molecule has 0 fully saturated rings. The van der Waals surface area contributed by atoms with Gasteiger partial charge >= 0.3 is 0 Å². The van der Waals surface area contributed by atoms with E-state index in [2.05, 4.69) is 34.3 Å². The molecule has 0 spiro atoms. The topological polar surface area (TPSA) is 45.2 Å². The van der Waals surface area contributed by atoms with Crippen molar-refractivity contribution in [3.63, 3.8) is 0 Å². The van der Waals surface area contributed by atoms with Crippen LogP contribution in [0.25, 0.3) is 0 Å². The monoisotopic (exact) mass is 379 g/mol. The number of halogens is 1. The first kappa shape index (κ1) is 18.9. The molecule has 3 rings (SSSR count). The average molecular weight is 380 g/mol. The fraction of sp³-hybridized carbons (Fsp3) is 0.182. The van der Waals surface area contributed by atoms with E-state index in [-0.39, 0.29) is 5.91 Å². The predicted octanol–water partition coefficient (Wildman–Crippen LogP) is 4.69. The SMILES string of the molecule is CCN(Cc1ccccc1)c1cncc(C(=O)NCc2ccccc2Cl)c1. The highest BCUT2D eigenvalue weighted by molar-refractivity contribution is 6.31. The van der Waals surface area contributed by atoms with Crippen molar-refractivity contribution in [1.82, 2.24) is 10.3 Å². The second kappa shape index (κ2) is 9.19. The molecule has 0 aliphatic rings. The first-order valence-electron chi connectivity index (χ1n) is 8.93. The van der Waals surface area contributed by atoms with E-state index in [1.807, 2.05) is 48.5 Å². The van der Waals surface area contributed by atoms with Crippen LogP contribution < -0.4 is 10.2 Å². The van der Waals surface area contributed by atoms with Crippen molar-refractivity contribution in [3.05, 3.63) is 94.8 Å². The Balaban J connectivity index is 1.70. The molecule has 4 nitrogen and oxygen atoms in total. The molecular weight excluding hydrogens is 358 g/mol. The lowest BCUT2D eigenvalue weighted by atomic mass is 10.2. The van der Waals surface area contributed by atoms with Gasteiger partial charge in [-0.25, -0.2) is 0 Å². The molecule has 0 saturated heterocycles. The quantitative estimate of drug-likeness (QED) is 0.647. The van der Waals surface area contributed by atoms with Gasteiger partial charge in [-0.2, -0.15) is 0 Å². The summed E-state index contributed by atoms with van der Waals surface area (Å²) in [6.07, 6.45) is 3.37. The Bertz CT molecular complexity index is 899. The number of carbonyl (C=O) groups is 1. The summed E-state index contributed by atoms with van der Waals surface area (Å²) in [6, 6.07) is 19.6. The normalized spacial score (nSPS) is 10.4. The standard InChI is InChI=1S/C22H22ClN3O/c1-2-26(16-17-8-4-3-5-9-17)20-12-19(13-24-15-20)22(27)25-14-18-10-6-7-11-21(18)23/h3-13,15H,2,14,16H2,1H3,(H,25,27). The van der Waals surface area contributed by atoms with Crippen LogP contribution in [0.5, 0.6) is 0 Å². The van der Waals surface area contributed by atoms with E-state index in [0.29, 0.717) is 17.1 Å². The maximum absolute atomic E-state index is 12.5. The molecule has 27 heavy (non-hydrogen) atoms. The van der Waals surface area contributed by atoms with Gasteiger partial charge in [-0.1, -0.05) is 60.1 Å². The highest BCUT2D eigenvalue weighted by Crippen LogP contribution is 2.18. The van der Waals surface area contributed by atoms with Gasteiger partial charge in [-0.05, 0) is 30.2 Å². The lowest BCUT2D eigenvalue weighted by Gasteiger charge is -2.23. The number of carbonyl (C=O) groups excluding carboxylic acids is 1. The van der Waals surface area contributed by atoms with Crippen molar-refractivity contribution >= 4 is 23.2 Å². The lowest BCUT2D eigenvalue weighted by Crippen LogP contribution is -2.25. The van der Waals surface area contributed by atoms with E-state index in [9.17, 15) is 4.79 Å². The van der Waals surface area contributed by atoms with E-state index < -0.39 is 0 Å². The zero-order chi connectivity index (χ0) is 19.1. The second-order valence-electron chi connectivity index (χ2n) is 6.21. The first-order valence-corrected chi connectivity index (χ1v) is 9.30. The molecule has 1 heterocycles. The van der Waals surface area contributed by atoms with Gasteiger partial charge in [0.05, 0.1) is 17.4 Å². The average Bonchev–Trinajstić information content (AvgIpc) is 2.72. The number of benzene rings is 2. The number of nitrogens with one attached hydrogen (secondary N) is 1. The molecule has 3 aromatic rings. The first-order chi connectivity index (χ1) is 13.2. The highest BCUT2D eigenvalue weighted by Gasteiger charge is 2.11. The Labute approximate surface area is 164 Å². The molecule has 1 aromatic heterocycles. The highest BCUT2D eigenvalue weighted by atomic mass is 35.5. The van der Waals surface area contributed by atoms with Gasteiger partial charge in [0.25, 0.3) is 5.91 Å². The van der Waals surface area contributed by atoms with Crippen LogP contribution >= 0.6 is 11.6 Å². The van der Waals surface area contributed by atoms with Crippen LogP contribution in [0.15, 0.2) is 73.1 Å². The molecule has 0 saturated carbocycles. The minimum Gasteiger partial charge on any atom is -0.366 e. The minimum atomic E-state index is -0.167. The van der Waals surface area contributed by atoms with Crippen LogP contribution in [0, 0.1) is 0 Å². The van der Waals surface area contributed by atoms with Crippen molar-refractivity contribution in [2.75, 3.05) is 11.4 Å². The van der Waals surface area contributed by atoms with Gasteiger partial charge in [-0.3, -0.25) is 9.78 Å². The fourth-order valence-corrected chi connectivity index (χ4v) is 3.04. The molecule has 0 atom stereocenters. The molecule has 0 radical (unpaired) electrons.